The molecule has 0 saturated carbocycles. The van der Waals surface area contributed by atoms with Crippen LogP contribution in [0, 0.1) is 0 Å². The average molecular weight is 282 g/mol. The second kappa shape index (κ2) is 6.14. The van der Waals surface area contributed by atoms with Crippen LogP contribution in [-0.4, -0.2) is 31.2 Å². The number of para-hydroxylation sites is 1. The van der Waals surface area contributed by atoms with Crippen molar-refractivity contribution < 1.29 is 0 Å². The van der Waals surface area contributed by atoms with E-state index in [4.69, 9.17) is 5.73 Å². The largest absolute Gasteiger partial charge is 0.368 e. The molecule has 4 heteroatoms. The summed E-state index contributed by atoms with van der Waals surface area (Å²) in [5.74, 6) is 1.05. The third-order valence-electron chi connectivity index (χ3n) is 4.02. The van der Waals surface area contributed by atoms with Gasteiger partial charge in [-0.15, -0.1) is 0 Å². The highest BCUT2D eigenvalue weighted by Crippen LogP contribution is 2.19. The lowest BCUT2D eigenvalue weighted by Gasteiger charge is -2.36. The number of pyridine rings is 1. The van der Waals surface area contributed by atoms with Crippen LogP contribution in [0.15, 0.2) is 48.7 Å². The second-order valence-electron chi connectivity index (χ2n) is 5.55. The van der Waals surface area contributed by atoms with E-state index in [2.05, 4.69) is 57.2 Å². The van der Waals surface area contributed by atoms with Crippen LogP contribution >= 0.6 is 0 Å². The molecule has 0 spiro atoms. The van der Waals surface area contributed by atoms with E-state index in [1.165, 1.54) is 5.69 Å². The molecule has 2 N–H and O–H groups in total. The fourth-order valence-electron chi connectivity index (χ4n) is 2.69. The highest BCUT2D eigenvalue weighted by atomic mass is 15.3. The molecule has 0 aliphatic carbocycles. The Morgan fingerprint density at radius 3 is 2.19 bits per heavy atom. The van der Waals surface area contributed by atoms with Gasteiger partial charge in [0.25, 0.3) is 0 Å². The fourth-order valence-corrected chi connectivity index (χ4v) is 2.69. The molecule has 1 aromatic heterocycles. The molecular weight excluding hydrogens is 260 g/mol. The highest BCUT2D eigenvalue weighted by Gasteiger charge is 2.18. The van der Waals surface area contributed by atoms with E-state index in [-0.39, 0.29) is 6.04 Å². The first-order valence-corrected chi connectivity index (χ1v) is 7.50. The van der Waals surface area contributed by atoms with Crippen molar-refractivity contribution in [3.8, 4) is 0 Å². The van der Waals surface area contributed by atoms with Gasteiger partial charge < -0.3 is 15.5 Å². The predicted molar refractivity (Wildman–Crippen MR) is 87.7 cm³/mol. The number of nitrogens with zero attached hydrogens (tertiary/aromatic N) is 3. The summed E-state index contributed by atoms with van der Waals surface area (Å²) in [6.07, 6.45) is 1.89. The third-order valence-corrected chi connectivity index (χ3v) is 4.02. The first-order chi connectivity index (χ1) is 10.2. The Kier molecular flexibility index (Phi) is 4.06. The standard InChI is InChI=1S/C17H22N4/c1-14(18)15-7-8-17(19-13-15)21-11-9-20(10-12-21)16-5-3-2-4-6-16/h2-8,13-14H,9-12,18H2,1H3/t14-/m0/s1. The SMILES string of the molecule is C[C@H](N)c1ccc(N2CCN(c3ccccc3)CC2)nc1. The zero-order valence-electron chi connectivity index (χ0n) is 12.4. The quantitative estimate of drug-likeness (QED) is 0.939. The van der Waals surface area contributed by atoms with Crippen molar-refractivity contribution in [1.29, 1.82) is 0 Å². The van der Waals surface area contributed by atoms with Crippen molar-refractivity contribution in [2.45, 2.75) is 13.0 Å². The minimum Gasteiger partial charge on any atom is -0.368 e. The smallest absolute Gasteiger partial charge is 0.128 e. The number of benzene rings is 1. The molecule has 4 nitrogen and oxygen atoms in total. The van der Waals surface area contributed by atoms with E-state index < -0.39 is 0 Å². The number of rotatable bonds is 3. The van der Waals surface area contributed by atoms with Gasteiger partial charge >= 0.3 is 0 Å². The Hall–Kier alpha value is -2.07. The van der Waals surface area contributed by atoms with Gasteiger partial charge in [-0.05, 0) is 30.7 Å². The van der Waals surface area contributed by atoms with E-state index in [1.54, 1.807) is 0 Å². The monoisotopic (exact) mass is 282 g/mol. The molecule has 1 aliphatic rings. The minimum atomic E-state index is 0.0430. The number of piperazine rings is 1. The summed E-state index contributed by atoms with van der Waals surface area (Å²) < 4.78 is 0. The molecule has 1 aromatic carbocycles. The number of hydrogen-bond acceptors (Lipinski definition) is 4. The molecule has 3 rings (SSSR count). The highest BCUT2D eigenvalue weighted by molar-refractivity contribution is 5.49. The summed E-state index contributed by atoms with van der Waals surface area (Å²) in [5.41, 5.74) is 8.25. The molecule has 0 bridgehead atoms. The first-order valence-electron chi connectivity index (χ1n) is 7.50. The van der Waals surface area contributed by atoms with Crippen LogP contribution < -0.4 is 15.5 Å². The van der Waals surface area contributed by atoms with Crippen LogP contribution in [0.3, 0.4) is 0 Å². The van der Waals surface area contributed by atoms with Crippen molar-refractivity contribution in [2.24, 2.45) is 5.73 Å². The molecular formula is C17H22N4. The van der Waals surface area contributed by atoms with Crippen molar-refractivity contribution in [3.05, 3.63) is 54.2 Å². The van der Waals surface area contributed by atoms with Crippen LogP contribution in [0.25, 0.3) is 0 Å². The normalized spacial score (nSPS) is 16.9. The summed E-state index contributed by atoms with van der Waals surface area (Å²) in [7, 11) is 0. The molecule has 0 radical (unpaired) electrons. The fraction of sp³-hybridized carbons (Fsp3) is 0.353. The maximum Gasteiger partial charge on any atom is 0.128 e. The van der Waals surface area contributed by atoms with Crippen LogP contribution in [0.5, 0.6) is 0 Å². The van der Waals surface area contributed by atoms with Gasteiger partial charge in [-0.25, -0.2) is 4.98 Å². The Bertz CT molecular complexity index is 557. The predicted octanol–water partition coefficient (Wildman–Crippen LogP) is 2.43. The van der Waals surface area contributed by atoms with Crippen molar-refractivity contribution >= 4 is 11.5 Å². The Labute approximate surface area is 126 Å². The van der Waals surface area contributed by atoms with Gasteiger partial charge in [-0.2, -0.15) is 0 Å². The number of nitrogens with two attached hydrogens (primary N) is 1. The van der Waals surface area contributed by atoms with E-state index in [0.29, 0.717) is 0 Å². The molecule has 0 amide bonds. The molecule has 2 heterocycles. The van der Waals surface area contributed by atoms with Crippen LogP contribution in [0.1, 0.15) is 18.5 Å². The Morgan fingerprint density at radius 2 is 1.62 bits per heavy atom. The Morgan fingerprint density at radius 1 is 0.952 bits per heavy atom. The molecule has 1 aliphatic heterocycles. The van der Waals surface area contributed by atoms with Crippen molar-refractivity contribution in [2.75, 3.05) is 36.0 Å². The minimum absolute atomic E-state index is 0.0430. The van der Waals surface area contributed by atoms with Crippen LogP contribution in [-0.2, 0) is 0 Å². The van der Waals surface area contributed by atoms with E-state index in [9.17, 15) is 0 Å². The zero-order valence-corrected chi connectivity index (χ0v) is 12.4. The van der Waals surface area contributed by atoms with E-state index in [1.807, 2.05) is 13.1 Å². The number of hydrogen-bond donors (Lipinski definition) is 1. The van der Waals surface area contributed by atoms with Gasteiger partial charge in [-0.1, -0.05) is 24.3 Å². The average Bonchev–Trinajstić information content (AvgIpc) is 2.56. The van der Waals surface area contributed by atoms with Gasteiger partial charge in [-0.3, -0.25) is 0 Å². The Balaban J connectivity index is 1.63. The summed E-state index contributed by atoms with van der Waals surface area (Å²) >= 11 is 0. The number of anilines is 2. The first kappa shape index (κ1) is 13.9. The molecule has 21 heavy (non-hydrogen) atoms. The molecule has 0 unspecified atom stereocenters. The lowest BCUT2D eigenvalue weighted by Crippen LogP contribution is -2.46. The lowest BCUT2D eigenvalue weighted by atomic mass is 10.1. The van der Waals surface area contributed by atoms with Gasteiger partial charge in [0.15, 0.2) is 0 Å². The van der Waals surface area contributed by atoms with Gasteiger partial charge in [0.2, 0.25) is 0 Å². The molecule has 1 saturated heterocycles. The summed E-state index contributed by atoms with van der Waals surface area (Å²) in [5, 5.41) is 0. The molecule has 110 valence electrons. The van der Waals surface area contributed by atoms with E-state index in [0.717, 1.165) is 37.6 Å². The van der Waals surface area contributed by atoms with E-state index >= 15 is 0 Å². The van der Waals surface area contributed by atoms with Gasteiger partial charge in [0.1, 0.15) is 5.82 Å². The summed E-state index contributed by atoms with van der Waals surface area (Å²) in [6.45, 7) is 6.04. The maximum absolute atomic E-state index is 5.86. The zero-order chi connectivity index (χ0) is 14.7. The maximum atomic E-state index is 5.86. The molecule has 1 fully saturated rings. The van der Waals surface area contributed by atoms with Gasteiger partial charge in [0.05, 0.1) is 0 Å². The van der Waals surface area contributed by atoms with Gasteiger partial charge in [0, 0.05) is 44.1 Å². The number of aromatic nitrogens is 1. The van der Waals surface area contributed by atoms with Crippen molar-refractivity contribution in [1.82, 2.24) is 4.98 Å². The lowest BCUT2D eigenvalue weighted by molar-refractivity contribution is 0.647. The topological polar surface area (TPSA) is 45.4 Å². The summed E-state index contributed by atoms with van der Waals surface area (Å²) in [4.78, 5) is 9.31. The van der Waals surface area contributed by atoms with Crippen molar-refractivity contribution in [3.63, 3.8) is 0 Å². The molecule has 1 atom stereocenters. The molecule has 2 aromatic rings. The summed E-state index contributed by atoms with van der Waals surface area (Å²) in [6, 6.07) is 14.8. The second-order valence-corrected chi connectivity index (χ2v) is 5.55. The van der Waals surface area contributed by atoms with Crippen LogP contribution in [0.2, 0.25) is 0 Å². The third kappa shape index (κ3) is 3.16. The van der Waals surface area contributed by atoms with Crippen LogP contribution in [0.4, 0.5) is 11.5 Å².